The first-order valence-electron chi connectivity index (χ1n) is 5.34. The van der Waals surface area contributed by atoms with E-state index in [1.807, 2.05) is 6.92 Å². The first-order valence-corrected chi connectivity index (χ1v) is 6.13. The van der Waals surface area contributed by atoms with Crippen molar-refractivity contribution in [3.05, 3.63) is 38.7 Å². The molecule has 0 saturated carbocycles. The number of aryl methyl sites for hydroxylation is 1. The molecular formula is C12H11BrN2O3. The standard InChI is InChI=1S/C12H11BrN2O3/c1-2-7-10(13)12(18)15-11(14-7)6-3-4-8(16)9(17)5-6/h3-5,16-17H,2H2,1H3,(H,14,15,18). The number of aromatic hydroxyl groups is 2. The number of benzene rings is 1. The lowest BCUT2D eigenvalue weighted by Crippen LogP contribution is -2.13. The molecular weight excluding hydrogens is 300 g/mol. The number of phenolic OH excluding ortho intramolecular Hbond substituents is 2. The molecule has 0 bridgehead atoms. The molecule has 0 radical (unpaired) electrons. The van der Waals surface area contributed by atoms with Crippen LogP contribution in [0.15, 0.2) is 27.5 Å². The van der Waals surface area contributed by atoms with Crippen molar-refractivity contribution in [2.75, 3.05) is 0 Å². The minimum Gasteiger partial charge on any atom is -0.504 e. The van der Waals surface area contributed by atoms with E-state index in [9.17, 15) is 15.0 Å². The molecule has 3 N–H and O–H groups in total. The van der Waals surface area contributed by atoms with Crippen LogP contribution in [0.2, 0.25) is 0 Å². The molecule has 0 aliphatic rings. The van der Waals surface area contributed by atoms with Gasteiger partial charge in [0, 0.05) is 5.56 Å². The predicted octanol–water partition coefficient (Wildman–Crippen LogP) is 2.17. The number of aromatic nitrogens is 2. The van der Waals surface area contributed by atoms with Crippen molar-refractivity contribution < 1.29 is 10.2 Å². The Morgan fingerprint density at radius 3 is 2.67 bits per heavy atom. The highest BCUT2D eigenvalue weighted by molar-refractivity contribution is 9.10. The lowest BCUT2D eigenvalue weighted by atomic mass is 10.2. The Morgan fingerprint density at radius 1 is 1.33 bits per heavy atom. The van der Waals surface area contributed by atoms with Gasteiger partial charge in [-0.25, -0.2) is 4.98 Å². The fraction of sp³-hybridized carbons (Fsp3) is 0.167. The lowest BCUT2D eigenvalue weighted by molar-refractivity contribution is 0.404. The Bertz CT molecular complexity index is 652. The summed E-state index contributed by atoms with van der Waals surface area (Å²) < 4.78 is 0.414. The van der Waals surface area contributed by atoms with Gasteiger partial charge >= 0.3 is 0 Å². The van der Waals surface area contributed by atoms with Crippen molar-refractivity contribution in [1.29, 1.82) is 0 Å². The number of hydrogen-bond acceptors (Lipinski definition) is 4. The molecule has 94 valence electrons. The maximum absolute atomic E-state index is 11.7. The van der Waals surface area contributed by atoms with Gasteiger partial charge in [-0.15, -0.1) is 0 Å². The monoisotopic (exact) mass is 310 g/mol. The van der Waals surface area contributed by atoms with Gasteiger partial charge in [-0.3, -0.25) is 4.79 Å². The Hall–Kier alpha value is -1.82. The van der Waals surface area contributed by atoms with E-state index in [2.05, 4.69) is 25.9 Å². The maximum Gasteiger partial charge on any atom is 0.265 e. The quantitative estimate of drug-likeness (QED) is 0.742. The van der Waals surface area contributed by atoms with Crippen LogP contribution in [-0.4, -0.2) is 20.2 Å². The summed E-state index contributed by atoms with van der Waals surface area (Å²) >= 11 is 3.18. The SMILES string of the molecule is CCc1nc(-c2ccc(O)c(O)c2)[nH]c(=O)c1Br. The van der Waals surface area contributed by atoms with Crippen LogP contribution in [0.25, 0.3) is 11.4 Å². The molecule has 18 heavy (non-hydrogen) atoms. The van der Waals surface area contributed by atoms with E-state index in [4.69, 9.17) is 0 Å². The molecule has 0 saturated heterocycles. The predicted molar refractivity (Wildman–Crippen MR) is 70.7 cm³/mol. The summed E-state index contributed by atoms with van der Waals surface area (Å²) in [6.45, 7) is 1.89. The number of aromatic amines is 1. The molecule has 0 unspecified atom stereocenters. The molecule has 0 atom stereocenters. The minimum absolute atomic E-state index is 0.214. The Kier molecular flexibility index (Phi) is 3.38. The van der Waals surface area contributed by atoms with Crippen LogP contribution in [0.1, 0.15) is 12.6 Å². The molecule has 0 fully saturated rings. The zero-order valence-electron chi connectivity index (χ0n) is 9.57. The van der Waals surface area contributed by atoms with Gasteiger partial charge < -0.3 is 15.2 Å². The topological polar surface area (TPSA) is 86.2 Å². The molecule has 0 aliphatic heterocycles. The van der Waals surface area contributed by atoms with Gasteiger partial charge in [-0.05, 0) is 40.5 Å². The highest BCUT2D eigenvalue weighted by Gasteiger charge is 2.10. The molecule has 6 heteroatoms. The third-order valence-electron chi connectivity index (χ3n) is 2.52. The third-order valence-corrected chi connectivity index (χ3v) is 3.33. The van der Waals surface area contributed by atoms with Gasteiger partial charge in [0.05, 0.1) is 5.69 Å². The van der Waals surface area contributed by atoms with Crippen molar-refractivity contribution in [3.8, 4) is 22.9 Å². The van der Waals surface area contributed by atoms with E-state index in [-0.39, 0.29) is 17.1 Å². The van der Waals surface area contributed by atoms with Crippen LogP contribution in [-0.2, 0) is 6.42 Å². The molecule has 0 aliphatic carbocycles. The van der Waals surface area contributed by atoms with Crippen LogP contribution in [0.4, 0.5) is 0 Å². The smallest absolute Gasteiger partial charge is 0.265 e. The van der Waals surface area contributed by atoms with Gasteiger partial charge in [-0.1, -0.05) is 6.92 Å². The largest absolute Gasteiger partial charge is 0.504 e. The van der Waals surface area contributed by atoms with Gasteiger partial charge in [0.15, 0.2) is 11.5 Å². The van der Waals surface area contributed by atoms with Crippen LogP contribution in [0.3, 0.4) is 0 Å². The Morgan fingerprint density at radius 2 is 2.06 bits per heavy atom. The van der Waals surface area contributed by atoms with E-state index in [1.165, 1.54) is 12.1 Å². The zero-order chi connectivity index (χ0) is 13.3. The van der Waals surface area contributed by atoms with Crippen molar-refractivity contribution in [1.82, 2.24) is 9.97 Å². The normalized spacial score (nSPS) is 10.6. The van der Waals surface area contributed by atoms with Crippen LogP contribution < -0.4 is 5.56 Å². The molecule has 2 aromatic rings. The first kappa shape index (κ1) is 12.6. The van der Waals surface area contributed by atoms with Crippen LogP contribution >= 0.6 is 15.9 Å². The van der Waals surface area contributed by atoms with Gasteiger partial charge in [-0.2, -0.15) is 0 Å². The van der Waals surface area contributed by atoms with Crippen LogP contribution in [0, 0.1) is 0 Å². The highest BCUT2D eigenvalue weighted by Crippen LogP contribution is 2.29. The molecule has 1 aromatic heterocycles. The maximum atomic E-state index is 11.7. The second-order valence-corrected chi connectivity index (χ2v) is 4.53. The summed E-state index contributed by atoms with van der Waals surface area (Å²) in [5.74, 6) is -0.111. The number of H-pyrrole nitrogens is 1. The van der Waals surface area contributed by atoms with Crippen LogP contribution in [0.5, 0.6) is 11.5 Å². The van der Waals surface area contributed by atoms with Gasteiger partial charge in [0.2, 0.25) is 0 Å². The summed E-state index contributed by atoms with van der Waals surface area (Å²) in [7, 11) is 0. The fourth-order valence-corrected chi connectivity index (χ4v) is 2.02. The Balaban J connectivity index is 2.60. The number of rotatable bonds is 2. The minimum atomic E-state index is -0.274. The van der Waals surface area contributed by atoms with E-state index in [1.54, 1.807) is 6.07 Å². The zero-order valence-corrected chi connectivity index (χ0v) is 11.2. The van der Waals surface area contributed by atoms with E-state index >= 15 is 0 Å². The number of nitrogens with zero attached hydrogens (tertiary/aromatic N) is 1. The third kappa shape index (κ3) is 2.24. The number of halogens is 1. The van der Waals surface area contributed by atoms with E-state index in [0.717, 1.165) is 0 Å². The lowest BCUT2D eigenvalue weighted by Gasteiger charge is -2.06. The molecule has 5 nitrogen and oxygen atoms in total. The molecule has 2 rings (SSSR count). The van der Waals surface area contributed by atoms with Crippen molar-refractivity contribution in [2.24, 2.45) is 0 Å². The fourth-order valence-electron chi connectivity index (χ4n) is 1.55. The summed E-state index contributed by atoms with van der Waals surface area (Å²) in [5, 5.41) is 18.7. The van der Waals surface area contributed by atoms with E-state index < -0.39 is 0 Å². The number of nitrogens with one attached hydrogen (secondary N) is 1. The summed E-state index contributed by atoms with van der Waals surface area (Å²) in [5.41, 5.74) is 0.898. The highest BCUT2D eigenvalue weighted by atomic mass is 79.9. The van der Waals surface area contributed by atoms with Crippen molar-refractivity contribution in [3.63, 3.8) is 0 Å². The second-order valence-electron chi connectivity index (χ2n) is 3.73. The van der Waals surface area contributed by atoms with Crippen molar-refractivity contribution in [2.45, 2.75) is 13.3 Å². The van der Waals surface area contributed by atoms with Gasteiger partial charge in [0.1, 0.15) is 10.3 Å². The molecule has 0 spiro atoms. The van der Waals surface area contributed by atoms with E-state index in [0.29, 0.717) is 28.0 Å². The van der Waals surface area contributed by atoms with Crippen molar-refractivity contribution >= 4 is 15.9 Å². The molecule has 0 amide bonds. The number of phenols is 2. The summed E-state index contributed by atoms with van der Waals surface area (Å²) in [6, 6.07) is 4.26. The average molecular weight is 311 g/mol. The van der Waals surface area contributed by atoms with Gasteiger partial charge in [0.25, 0.3) is 5.56 Å². The molecule has 1 aromatic carbocycles. The Labute approximate surface area is 111 Å². The second kappa shape index (κ2) is 4.81. The molecule has 1 heterocycles. The summed E-state index contributed by atoms with van der Waals surface area (Å²) in [6.07, 6.45) is 0.613. The summed E-state index contributed by atoms with van der Waals surface area (Å²) in [4.78, 5) is 18.6. The first-order chi connectivity index (χ1) is 8.52. The average Bonchev–Trinajstić information content (AvgIpc) is 2.36. The number of hydrogen-bond donors (Lipinski definition) is 3.